The van der Waals surface area contributed by atoms with E-state index in [0.717, 1.165) is 56.4 Å². The molecule has 3 aromatic heterocycles. The summed E-state index contributed by atoms with van der Waals surface area (Å²) in [4.78, 5) is -0.329. The minimum atomic E-state index is -3.90. The maximum absolute atomic E-state index is 12.5. The average molecular weight is 561 g/mol. The van der Waals surface area contributed by atoms with Gasteiger partial charge in [-0.1, -0.05) is 0 Å². The molecule has 194 valence electrons. The Morgan fingerprint density at radius 1 is 0.914 bits per heavy atom. The summed E-state index contributed by atoms with van der Waals surface area (Å²) in [5, 5.41) is 11.3. The van der Waals surface area contributed by atoms with E-state index < -0.39 is 45.0 Å². The second-order valence-corrected chi connectivity index (χ2v) is 11.9. The van der Waals surface area contributed by atoms with Crippen LogP contribution in [0, 0.1) is 13.8 Å². The van der Waals surface area contributed by atoms with Crippen molar-refractivity contribution in [2.75, 3.05) is 0 Å². The van der Waals surface area contributed by atoms with E-state index in [1.807, 2.05) is 0 Å². The normalized spacial score (nSPS) is 13.9. The average Bonchev–Trinajstić information content (AvgIpc) is 3.47. The van der Waals surface area contributed by atoms with Crippen molar-refractivity contribution < 1.29 is 34.4 Å². The zero-order valence-corrected chi connectivity index (χ0v) is 20.8. The second-order valence-electron chi connectivity index (χ2n) is 7.60. The fourth-order valence-electron chi connectivity index (χ4n) is 3.49. The first-order valence-corrected chi connectivity index (χ1v) is 13.9. The highest BCUT2D eigenvalue weighted by molar-refractivity contribution is 8.13. The molecule has 1 aliphatic rings. The van der Waals surface area contributed by atoms with Crippen LogP contribution in [0.2, 0.25) is 0 Å². The van der Waals surface area contributed by atoms with Gasteiger partial charge in [-0.3, -0.25) is 9.36 Å². The highest BCUT2D eigenvalue weighted by Crippen LogP contribution is 2.24. The summed E-state index contributed by atoms with van der Waals surface area (Å²) in [7, 11) is -2.74. The molecule has 0 amide bonds. The van der Waals surface area contributed by atoms with Crippen molar-refractivity contribution in [1.82, 2.24) is 28.7 Å². The van der Waals surface area contributed by atoms with Gasteiger partial charge in [-0.2, -0.15) is 27.8 Å². The van der Waals surface area contributed by atoms with Crippen molar-refractivity contribution in [2.24, 2.45) is 0 Å². The standard InChI is InChI=1S/C12H14F2N4O2S.C6H7ClF2N2O2S/c1-8-11(5-15-17(8)7-12(13)14)21(19,20)18-6-9-3-2-4-10(9)16-18;1-4-5(14(7,12)13)2-10-11(4)3-6(8)9/h5-6,12H,2-4,7H2,1H3;2,6H,3H2,1H3. The Morgan fingerprint density at radius 2 is 1.43 bits per heavy atom. The Kier molecular flexibility index (Phi) is 7.96. The fraction of sp³-hybridized carbons (Fsp3) is 0.500. The van der Waals surface area contributed by atoms with Crippen LogP contribution in [0.3, 0.4) is 0 Å². The summed E-state index contributed by atoms with van der Waals surface area (Å²) in [6.45, 7) is 1.55. The number of alkyl halides is 4. The summed E-state index contributed by atoms with van der Waals surface area (Å²) >= 11 is 0. The Labute approximate surface area is 203 Å². The maximum atomic E-state index is 12.5. The van der Waals surface area contributed by atoms with Crippen molar-refractivity contribution in [2.45, 2.75) is 68.8 Å². The SMILES string of the molecule is Cc1c(S(=O)(=O)Cl)cnn1CC(F)F.Cc1c(S(=O)(=O)n2cc3c(n2)CCC3)cnn1CC(F)F. The molecule has 10 nitrogen and oxygen atoms in total. The lowest BCUT2D eigenvalue weighted by Crippen LogP contribution is -2.16. The van der Waals surface area contributed by atoms with Crippen LogP contribution >= 0.6 is 10.7 Å². The van der Waals surface area contributed by atoms with Crippen molar-refractivity contribution in [3.63, 3.8) is 0 Å². The van der Waals surface area contributed by atoms with Crippen LogP contribution in [0.5, 0.6) is 0 Å². The first-order valence-electron chi connectivity index (χ1n) is 10.1. The first kappa shape index (κ1) is 27.1. The molecule has 4 rings (SSSR count). The summed E-state index contributed by atoms with van der Waals surface area (Å²) in [5.74, 6) is 0. The van der Waals surface area contributed by atoms with E-state index in [1.165, 1.54) is 20.0 Å². The van der Waals surface area contributed by atoms with Crippen LogP contribution in [0.15, 0.2) is 28.4 Å². The number of hydrogen-bond donors (Lipinski definition) is 0. The van der Waals surface area contributed by atoms with Crippen molar-refractivity contribution in [1.29, 1.82) is 0 Å². The predicted octanol–water partition coefficient (Wildman–Crippen LogP) is 2.76. The predicted molar refractivity (Wildman–Crippen MR) is 116 cm³/mol. The third kappa shape index (κ3) is 6.03. The zero-order chi connectivity index (χ0) is 26.1. The van der Waals surface area contributed by atoms with Crippen LogP contribution in [0.25, 0.3) is 0 Å². The molecule has 0 radical (unpaired) electrons. The van der Waals surface area contributed by atoms with E-state index in [9.17, 15) is 34.4 Å². The molecule has 3 heterocycles. The molecule has 0 bridgehead atoms. The van der Waals surface area contributed by atoms with Crippen LogP contribution < -0.4 is 0 Å². The number of aryl methyl sites for hydroxylation is 2. The molecule has 0 aromatic carbocycles. The molecular formula is C18H21ClF4N6O4S2. The molecule has 35 heavy (non-hydrogen) atoms. The molecule has 0 saturated heterocycles. The number of halogens is 5. The van der Waals surface area contributed by atoms with Gasteiger partial charge < -0.3 is 0 Å². The molecular weight excluding hydrogens is 540 g/mol. The van der Waals surface area contributed by atoms with Crippen LogP contribution in [-0.4, -0.2) is 58.4 Å². The molecule has 0 fully saturated rings. The summed E-state index contributed by atoms with van der Waals surface area (Å²) < 4.78 is 98.4. The van der Waals surface area contributed by atoms with Gasteiger partial charge in [0.05, 0.1) is 29.5 Å². The maximum Gasteiger partial charge on any atom is 0.286 e. The van der Waals surface area contributed by atoms with Crippen molar-refractivity contribution in [3.8, 4) is 0 Å². The summed E-state index contributed by atoms with van der Waals surface area (Å²) in [5.41, 5.74) is 2.01. The second kappa shape index (κ2) is 10.3. The lowest BCUT2D eigenvalue weighted by molar-refractivity contribution is 0.120. The van der Waals surface area contributed by atoms with Gasteiger partial charge in [-0.15, -0.1) is 0 Å². The van der Waals surface area contributed by atoms with Gasteiger partial charge >= 0.3 is 0 Å². The van der Waals surface area contributed by atoms with E-state index in [1.54, 1.807) is 0 Å². The molecule has 17 heteroatoms. The number of aromatic nitrogens is 6. The first-order chi connectivity index (χ1) is 16.2. The van der Waals surface area contributed by atoms with E-state index in [0.29, 0.717) is 0 Å². The minimum absolute atomic E-state index is 0.0932. The monoisotopic (exact) mass is 560 g/mol. The molecule has 0 unspecified atom stereocenters. The van der Waals surface area contributed by atoms with Gasteiger partial charge in [0.2, 0.25) is 0 Å². The Morgan fingerprint density at radius 3 is 1.89 bits per heavy atom. The Balaban J connectivity index is 0.000000214. The highest BCUT2D eigenvalue weighted by Gasteiger charge is 2.27. The molecule has 1 aliphatic carbocycles. The fourth-order valence-corrected chi connectivity index (χ4v) is 5.91. The van der Waals surface area contributed by atoms with E-state index in [-0.39, 0.29) is 21.2 Å². The smallest absolute Gasteiger partial charge is 0.263 e. The van der Waals surface area contributed by atoms with E-state index in [4.69, 9.17) is 10.7 Å². The van der Waals surface area contributed by atoms with Gasteiger partial charge in [0.25, 0.3) is 31.9 Å². The van der Waals surface area contributed by atoms with Gasteiger partial charge in [0, 0.05) is 16.9 Å². The number of hydrogen-bond acceptors (Lipinski definition) is 7. The number of nitrogens with zero attached hydrogens (tertiary/aromatic N) is 6. The van der Waals surface area contributed by atoms with Gasteiger partial charge in [0.15, 0.2) is 0 Å². The van der Waals surface area contributed by atoms with Crippen LogP contribution in [0.4, 0.5) is 17.6 Å². The Hall–Kier alpha value is -2.46. The minimum Gasteiger partial charge on any atom is -0.263 e. The highest BCUT2D eigenvalue weighted by atomic mass is 35.7. The molecule has 0 aliphatic heterocycles. The Bertz CT molecular complexity index is 1390. The lowest BCUT2D eigenvalue weighted by Gasteiger charge is -2.06. The van der Waals surface area contributed by atoms with Gasteiger partial charge in [-0.25, -0.2) is 26.0 Å². The zero-order valence-electron chi connectivity index (χ0n) is 18.4. The van der Waals surface area contributed by atoms with Crippen molar-refractivity contribution in [3.05, 3.63) is 41.2 Å². The summed E-state index contributed by atoms with van der Waals surface area (Å²) in [6, 6.07) is 0. The van der Waals surface area contributed by atoms with Gasteiger partial charge in [-0.05, 0) is 38.7 Å². The summed E-state index contributed by atoms with van der Waals surface area (Å²) in [6.07, 6.45) is 0.938. The quantitative estimate of drug-likeness (QED) is 0.322. The molecule has 0 spiro atoms. The lowest BCUT2D eigenvalue weighted by atomic mass is 10.3. The number of rotatable bonds is 7. The molecule has 3 aromatic rings. The largest absolute Gasteiger partial charge is 0.286 e. The molecule has 0 atom stereocenters. The van der Waals surface area contributed by atoms with E-state index in [2.05, 4.69) is 15.3 Å². The third-order valence-corrected chi connectivity index (χ3v) is 8.30. The molecule has 0 saturated carbocycles. The topological polar surface area (TPSA) is 122 Å². The van der Waals surface area contributed by atoms with Crippen LogP contribution in [0.1, 0.15) is 29.1 Å². The molecule has 0 N–H and O–H groups in total. The van der Waals surface area contributed by atoms with E-state index >= 15 is 0 Å². The van der Waals surface area contributed by atoms with Gasteiger partial charge in [0.1, 0.15) is 22.9 Å². The van der Waals surface area contributed by atoms with Crippen LogP contribution in [-0.2, 0) is 45.0 Å². The van der Waals surface area contributed by atoms with Crippen molar-refractivity contribution >= 4 is 29.8 Å². The third-order valence-electron chi connectivity index (χ3n) is 5.24. The number of fused-ring (bicyclic) bond motifs is 1.